The molecule has 10 heteroatoms. The highest BCUT2D eigenvalue weighted by molar-refractivity contribution is 6.33. The number of amides is 1. The third kappa shape index (κ3) is 4.67. The average Bonchev–Trinajstić information content (AvgIpc) is 2.80. The van der Waals surface area contributed by atoms with Crippen LogP contribution in [0.25, 0.3) is 11.3 Å². The maximum absolute atomic E-state index is 13.5. The zero-order valence-electron chi connectivity index (χ0n) is 16.6. The molecule has 0 atom stereocenters. The van der Waals surface area contributed by atoms with Crippen LogP contribution in [0.2, 0.25) is 5.02 Å². The summed E-state index contributed by atoms with van der Waals surface area (Å²) in [6.45, 7) is 1.49. The molecule has 1 aromatic heterocycles. The van der Waals surface area contributed by atoms with Crippen molar-refractivity contribution in [2.75, 3.05) is 31.1 Å². The van der Waals surface area contributed by atoms with Crippen molar-refractivity contribution in [3.63, 3.8) is 0 Å². The molecule has 1 amide bonds. The Bertz CT molecular complexity index is 1150. The number of rotatable bonds is 3. The molecule has 0 spiro atoms. The van der Waals surface area contributed by atoms with Gasteiger partial charge in [0.05, 0.1) is 21.8 Å². The number of carbonyl (C=O) groups excluding carboxylic acids is 1. The zero-order chi connectivity index (χ0) is 22.9. The number of piperazine rings is 1. The highest BCUT2D eigenvalue weighted by Crippen LogP contribution is 2.32. The van der Waals surface area contributed by atoms with Crippen LogP contribution in [0.5, 0.6) is 0 Å². The van der Waals surface area contributed by atoms with Crippen LogP contribution in [0.15, 0.2) is 54.7 Å². The fourth-order valence-corrected chi connectivity index (χ4v) is 3.66. The molecule has 0 bridgehead atoms. The fraction of sp³-hybridized carbons (Fsp3) is 0.227. The van der Waals surface area contributed by atoms with Crippen LogP contribution in [-0.4, -0.2) is 47.0 Å². The van der Waals surface area contributed by atoms with Gasteiger partial charge in [0.15, 0.2) is 0 Å². The summed E-state index contributed by atoms with van der Waals surface area (Å²) in [6, 6.07) is 10.1. The lowest BCUT2D eigenvalue weighted by atomic mass is 10.1. The van der Waals surface area contributed by atoms with Gasteiger partial charge >= 0.3 is 6.18 Å². The number of alkyl halides is 3. The van der Waals surface area contributed by atoms with Crippen LogP contribution in [0.4, 0.5) is 23.5 Å². The second kappa shape index (κ2) is 8.74. The second-order valence-corrected chi connectivity index (χ2v) is 7.63. The summed E-state index contributed by atoms with van der Waals surface area (Å²) in [5.41, 5.74) is 0.0467. The number of anilines is 1. The van der Waals surface area contributed by atoms with E-state index in [0.29, 0.717) is 43.4 Å². The molecule has 1 aliphatic heterocycles. The van der Waals surface area contributed by atoms with Gasteiger partial charge in [-0.2, -0.15) is 13.2 Å². The van der Waals surface area contributed by atoms with Crippen molar-refractivity contribution in [1.29, 1.82) is 0 Å². The molecule has 1 saturated heterocycles. The third-order valence-corrected chi connectivity index (χ3v) is 5.47. The van der Waals surface area contributed by atoms with Crippen LogP contribution in [0, 0.1) is 5.82 Å². The van der Waals surface area contributed by atoms with E-state index < -0.39 is 17.6 Å². The smallest absolute Gasteiger partial charge is 0.337 e. The normalized spacial score (nSPS) is 14.5. The molecule has 0 aliphatic carbocycles. The number of halogens is 5. The Labute approximate surface area is 186 Å². The van der Waals surface area contributed by atoms with Crippen molar-refractivity contribution in [2.45, 2.75) is 6.18 Å². The van der Waals surface area contributed by atoms with E-state index in [0.717, 1.165) is 18.2 Å². The van der Waals surface area contributed by atoms with Crippen molar-refractivity contribution >= 4 is 23.5 Å². The largest absolute Gasteiger partial charge is 0.416 e. The van der Waals surface area contributed by atoms with Gasteiger partial charge in [-0.1, -0.05) is 23.7 Å². The molecule has 32 heavy (non-hydrogen) atoms. The first-order chi connectivity index (χ1) is 15.2. The highest BCUT2D eigenvalue weighted by atomic mass is 35.5. The van der Waals surface area contributed by atoms with E-state index in [4.69, 9.17) is 11.6 Å². The number of hydrogen-bond acceptors (Lipinski definition) is 4. The predicted molar refractivity (Wildman–Crippen MR) is 112 cm³/mol. The van der Waals surface area contributed by atoms with E-state index in [2.05, 4.69) is 9.97 Å². The van der Waals surface area contributed by atoms with Gasteiger partial charge in [0.1, 0.15) is 5.82 Å². The lowest BCUT2D eigenvalue weighted by Crippen LogP contribution is -2.49. The Balaban J connectivity index is 1.48. The van der Waals surface area contributed by atoms with E-state index in [1.807, 2.05) is 4.90 Å². The molecule has 3 aromatic rings. The van der Waals surface area contributed by atoms with Crippen LogP contribution >= 0.6 is 11.6 Å². The minimum Gasteiger partial charge on any atom is -0.337 e. The molecule has 0 saturated carbocycles. The summed E-state index contributed by atoms with van der Waals surface area (Å²) in [4.78, 5) is 24.8. The van der Waals surface area contributed by atoms with E-state index >= 15 is 0 Å². The number of nitrogens with zero attached hydrogens (tertiary/aromatic N) is 4. The molecule has 0 N–H and O–H groups in total. The topological polar surface area (TPSA) is 49.3 Å². The summed E-state index contributed by atoms with van der Waals surface area (Å²) >= 11 is 6.03. The molecule has 1 fully saturated rings. The first-order valence-corrected chi connectivity index (χ1v) is 10.1. The Kier molecular flexibility index (Phi) is 6.01. The summed E-state index contributed by atoms with van der Waals surface area (Å²) in [5, 5.41) is 0.177. The van der Waals surface area contributed by atoms with Gasteiger partial charge in [0.2, 0.25) is 5.95 Å². The molecule has 166 valence electrons. The number of benzene rings is 2. The Morgan fingerprint density at radius 2 is 1.75 bits per heavy atom. The van der Waals surface area contributed by atoms with Gasteiger partial charge in [0, 0.05) is 37.9 Å². The van der Waals surface area contributed by atoms with Crippen molar-refractivity contribution in [2.24, 2.45) is 0 Å². The summed E-state index contributed by atoms with van der Waals surface area (Å²) < 4.78 is 52.6. The summed E-state index contributed by atoms with van der Waals surface area (Å²) in [5.74, 6) is -0.556. The van der Waals surface area contributed by atoms with E-state index in [1.165, 1.54) is 24.4 Å². The summed E-state index contributed by atoms with van der Waals surface area (Å²) in [6.07, 6.45) is -2.96. The van der Waals surface area contributed by atoms with Crippen molar-refractivity contribution < 1.29 is 22.4 Å². The second-order valence-electron chi connectivity index (χ2n) is 7.22. The first kappa shape index (κ1) is 22.0. The van der Waals surface area contributed by atoms with Crippen LogP contribution < -0.4 is 4.90 Å². The van der Waals surface area contributed by atoms with E-state index in [1.54, 1.807) is 17.0 Å². The molecule has 2 aromatic carbocycles. The first-order valence-electron chi connectivity index (χ1n) is 9.72. The zero-order valence-corrected chi connectivity index (χ0v) is 17.4. The van der Waals surface area contributed by atoms with Crippen molar-refractivity contribution in [3.8, 4) is 11.3 Å². The Hall–Kier alpha value is -3.20. The van der Waals surface area contributed by atoms with Crippen LogP contribution in [-0.2, 0) is 6.18 Å². The monoisotopic (exact) mass is 464 g/mol. The Morgan fingerprint density at radius 3 is 2.47 bits per heavy atom. The average molecular weight is 465 g/mol. The van der Waals surface area contributed by atoms with Gasteiger partial charge < -0.3 is 9.80 Å². The highest BCUT2D eigenvalue weighted by Gasteiger charge is 2.30. The molecule has 2 heterocycles. The van der Waals surface area contributed by atoms with Crippen molar-refractivity contribution in [3.05, 3.63) is 76.7 Å². The van der Waals surface area contributed by atoms with Crippen molar-refractivity contribution in [1.82, 2.24) is 14.9 Å². The van der Waals surface area contributed by atoms with E-state index in [-0.39, 0.29) is 16.5 Å². The molecular weight excluding hydrogens is 448 g/mol. The maximum atomic E-state index is 13.5. The van der Waals surface area contributed by atoms with Gasteiger partial charge in [-0.25, -0.2) is 14.4 Å². The van der Waals surface area contributed by atoms with Gasteiger partial charge in [-0.3, -0.25) is 4.79 Å². The molecule has 0 radical (unpaired) electrons. The minimum absolute atomic E-state index is 0.0999. The molecular formula is C22H17ClF4N4O. The SMILES string of the molecule is O=C(c1cc(F)ccc1Cl)N1CCN(c2nccc(-c3cccc(C(F)(F)F)c3)n2)CC1. The number of aromatic nitrogens is 2. The lowest BCUT2D eigenvalue weighted by Gasteiger charge is -2.35. The fourth-order valence-electron chi connectivity index (χ4n) is 3.46. The third-order valence-electron chi connectivity index (χ3n) is 5.14. The molecule has 5 nitrogen and oxygen atoms in total. The van der Waals surface area contributed by atoms with Gasteiger partial charge in [0.25, 0.3) is 5.91 Å². The van der Waals surface area contributed by atoms with Crippen LogP contribution in [0.1, 0.15) is 15.9 Å². The Morgan fingerprint density at radius 1 is 1.00 bits per heavy atom. The number of carbonyl (C=O) groups is 1. The molecule has 1 aliphatic rings. The standard InChI is InChI=1S/C22H17ClF4N4O/c23-18-5-4-16(24)13-17(18)20(32)30-8-10-31(11-9-30)21-28-7-6-19(29-21)14-2-1-3-15(12-14)22(25,26)27/h1-7,12-13H,8-11H2. The molecule has 0 unspecified atom stereocenters. The maximum Gasteiger partial charge on any atom is 0.416 e. The minimum atomic E-state index is -4.45. The summed E-state index contributed by atoms with van der Waals surface area (Å²) in [7, 11) is 0. The van der Waals surface area contributed by atoms with Crippen LogP contribution in [0.3, 0.4) is 0 Å². The van der Waals surface area contributed by atoms with Gasteiger partial charge in [-0.15, -0.1) is 0 Å². The quantitative estimate of drug-likeness (QED) is 0.516. The number of hydrogen-bond donors (Lipinski definition) is 0. The molecule has 4 rings (SSSR count). The lowest BCUT2D eigenvalue weighted by molar-refractivity contribution is -0.137. The predicted octanol–water partition coefficient (Wildman–Crippen LogP) is 4.92. The van der Waals surface area contributed by atoms with E-state index in [9.17, 15) is 22.4 Å². The van der Waals surface area contributed by atoms with Gasteiger partial charge in [-0.05, 0) is 36.4 Å².